The molecular formula is C54H104N2O6P+. The van der Waals surface area contributed by atoms with E-state index in [2.05, 4.69) is 67.8 Å². The molecule has 63 heavy (non-hydrogen) atoms. The summed E-state index contributed by atoms with van der Waals surface area (Å²) in [6, 6.07) is -0.758. The van der Waals surface area contributed by atoms with E-state index in [1.165, 1.54) is 148 Å². The molecule has 1 amide bonds. The van der Waals surface area contributed by atoms with Crippen LogP contribution in [0.1, 0.15) is 239 Å². The number of hydrogen-bond acceptors (Lipinski definition) is 5. The second kappa shape index (κ2) is 45.6. The topological polar surface area (TPSA) is 105 Å². The number of phosphoric acid groups is 1. The zero-order valence-electron chi connectivity index (χ0n) is 42.1. The van der Waals surface area contributed by atoms with Crippen molar-refractivity contribution in [2.45, 2.75) is 251 Å². The van der Waals surface area contributed by atoms with Crippen LogP contribution in [0.15, 0.2) is 48.6 Å². The van der Waals surface area contributed by atoms with E-state index >= 15 is 0 Å². The van der Waals surface area contributed by atoms with Crippen molar-refractivity contribution in [2.75, 3.05) is 40.9 Å². The molecule has 0 bridgehead atoms. The van der Waals surface area contributed by atoms with Crippen LogP contribution in [-0.2, 0) is 18.4 Å². The Labute approximate surface area is 390 Å². The first-order valence-electron chi connectivity index (χ1n) is 26.5. The Morgan fingerprint density at radius 3 is 1.40 bits per heavy atom. The summed E-state index contributed by atoms with van der Waals surface area (Å²) >= 11 is 0. The van der Waals surface area contributed by atoms with Crippen molar-refractivity contribution in [1.82, 2.24) is 5.32 Å². The first kappa shape index (κ1) is 61.5. The van der Waals surface area contributed by atoms with Crippen LogP contribution in [0.4, 0.5) is 0 Å². The summed E-state index contributed by atoms with van der Waals surface area (Å²) in [4.78, 5) is 23.2. The van der Waals surface area contributed by atoms with E-state index in [1.807, 2.05) is 21.1 Å². The Hall–Kier alpha value is -1.54. The van der Waals surface area contributed by atoms with Crippen LogP contribution in [0, 0.1) is 0 Å². The summed E-state index contributed by atoms with van der Waals surface area (Å²) in [5.41, 5.74) is 0. The van der Waals surface area contributed by atoms with Crippen LogP contribution in [0.25, 0.3) is 0 Å². The molecule has 0 heterocycles. The summed E-state index contributed by atoms with van der Waals surface area (Å²) < 4.78 is 23.6. The molecule has 8 nitrogen and oxygen atoms in total. The second-order valence-electron chi connectivity index (χ2n) is 19.2. The van der Waals surface area contributed by atoms with Crippen LogP contribution in [0.5, 0.6) is 0 Å². The van der Waals surface area contributed by atoms with Gasteiger partial charge in [0.15, 0.2) is 0 Å². The molecule has 0 radical (unpaired) electrons. The van der Waals surface area contributed by atoms with Gasteiger partial charge in [0.25, 0.3) is 0 Å². The molecule has 0 fully saturated rings. The number of nitrogens with zero attached hydrogens (tertiary/aromatic N) is 1. The van der Waals surface area contributed by atoms with Gasteiger partial charge < -0.3 is 19.8 Å². The van der Waals surface area contributed by atoms with Crippen molar-refractivity contribution in [1.29, 1.82) is 0 Å². The first-order valence-corrected chi connectivity index (χ1v) is 28.0. The zero-order chi connectivity index (χ0) is 46.4. The number of phosphoric ester groups is 1. The van der Waals surface area contributed by atoms with E-state index in [9.17, 15) is 19.4 Å². The number of likely N-dealkylation sites (N-methyl/N-ethyl adjacent to an activating group) is 1. The standard InChI is InChI=1S/C54H103N2O6P/c1-6-8-10-12-14-16-18-19-20-21-22-23-24-25-26-27-28-29-30-31-32-33-34-35-36-37-38-40-42-44-46-48-54(58)55-52(51-62-63(59,60)61-50-49-56(3,4)5)53(57)47-45-43-41-39-17-15-13-11-9-7-2/h8,10,14,16,19-20,22-23,52-53,57H,6-7,9,11-13,15,17-18,21,24-51H2,1-5H3,(H-,55,58,59,60)/p+1/b10-8-,16-14-,20-19-,23-22-. The number of hydrogen-bond donors (Lipinski definition) is 3. The van der Waals surface area contributed by atoms with Crippen LogP contribution >= 0.6 is 7.82 Å². The smallest absolute Gasteiger partial charge is 0.391 e. The maximum atomic E-state index is 12.9. The number of allylic oxidation sites excluding steroid dienone is 8. The van der Waals surface area contributed by atoms with Gasteiger partial charge in [-0.2, -0.15) is 0 Å². The zero-order valence-corrected chi connectivity index (χ0v) is 43.0. The van der Waals surface area contributed by atoms with E-state index in [0.29, 0.717) is 23.9 Å². The quantitative estimate of drug-likeness (QED) is 0.0243. The SMILES string of the molecule is CC/C=C\C/C=C\C/C=C\C/C=C\CCCCCCCCCCCCCCCCCCCCC(=O)NC(COP(=O)(O)OCC[N+](C)(C)C)C(O)CCCCCCCCCCCC. The lowest BCUT2D eigenvalue weighted by Crippen LogP contribution is -2.46. The Morgan fingerprint density at radius 1 is 0.556 bits per heavy atom. The highest BCUT2D eigenvalue weighted by Crippen LogP contribution is 2.43. The van der Waals surface area contributed by atoms with Crippen molar-refractivity contribution >= 4 is 13.7 Å². The Bertz CT molecular complexity index is 1170. The van der Waals surface area contributed by atoms with Gasteiger partial charge in [-0.05, 0) is 51.4 Å². The third-order valence-electron chi connectivity index (χ3n) is 11.8. The normalized spacial score (nSPS) is 14.5. The molecule has 0 aliphatic heterocycles. The number of carbonyl (C=O) groups is 1. The van der Waals surface area contributed by atoms with Gasteiger partial charge in [0.1, 0.15) is 13.2 Å². The highest BCUT2D eigenvalue weighted by atomic mass is 31.2. The highest BCUT2D eigenvalue weighted by molar-refractivity contribution is 7.47. The molecule has 0 aromatic carbocycles. The van der Waals surface area contributed by atoms with Crippen molar-refractivity contribution < 1.29 is 32.9 Å². The van der Waals surface area contributed by atoms with Gasteiger partial charge in [0, 0.05) is 6.42 Å². The third-order valence-corrected chi connectivity index (χ3v) is 12.8. The van der Waals surface area contributed by atoms with Crippen LogP contribution < -0.4 is 5.32 Å². The minimum absolute atomic E-state index is 0.0750. The molecule has 0 aliphatic carbocycles. The molecule has 370 valence electrons. The number of amides is 1. The lowest BCUT2D eigenvalue weighted by atomic mass is 10.0. The molecular weight excluding hydrogens is 804 g/mol. The summed E-state index contributed by atoms with van der Waals surface area (Å²) in [6.07, 6.45) is 58.9. The highest BCUT2D eigenvalue weighted by Gasteiger charge is 2.28. The van der Waals surface area contributed by atoms with Gasteiger partial charge >= 0.3 is 7.82 Å². The van der Waals surface area contributed by atoms with Gasteiger partial charge in [-0.1, -0.05) is 229 Å². The number of rotatable bonds is 48. The van der Waals surface area contributed by atoms with Crippen LogP contribution in [0.2, 0.25) is 0 Å². The fraction of sp³-hybridized carbons (Fsp3) is 0.833. The molecule has 0 saturated carbocycles. The Morgan fingerprint density at radius 2 is 0.952 bits per heavy atom. The molecule has 0 spiro atoms. The predicted molar refractivity (Wildman–Crippen MR) is 272 cm³/mol. The predicted octanol–water partition coefficient (Wildman–Crippen LogP) is 15.6. The average molecular weight is 908 g/mol. The molecule has 0 aliphatic rings. The van der Waals surface area contributed by atoms with Gasteiger partial charge in [0.2, 0.25) is 5.91 Å². The summed E-state index contributed by atoms with van der Waals surface area (Å²) in [7, 11) is 1.62. The summed E-state index contributed by atoms with van der Waals surface area (Å²) in [5, 5.41) is 14.0. The minimum atomic E-state index is -4.31. The van der Waals surface area contributed by atoms with Crippen LogP contribution in [0.3, 0.4) is 0 Å². The van der Waals surface area contributed by atoms with Gasteiger partial charge in [-0.3, -0.25) is 13.8 Å². The number of unbranched alkanes of at least 4 members (excludes halogenated alkanes) is 27. The maximum Gasteiger partial charge on any atom is 0.472 e. The van der Waals surface area contributed by atoms with E-state index in [0.717, 1.165) is 64.2 Å². The third kappa shape index (κ3) is 48.2. The van der Waals surface area contributed by atoms with Gasteiger partial charge in [-0.25, -0.2) is 4.57 Å². The second-order valence-corrected chi connectivity index (χ2v) is 20.7. The van der Waals surface area contributed by atoms with E-state index in [1.54, 1.807) is 0 Å². The Balaban J connectivity index is 3.98. The van der Waals surface area contributed by atoms with Crippen molar-refractivity contribution in [3.63, 3.8) is 0 Å². The number of aliphatic hydroxyl groups excluding tert-OH is 1. The van der Waals surface area contributed by atoms with Crippen molar-refractivity contribution in [3.05, 3.63) is 48.6 Å². The fourth-order valence-electron chi connectivity index (χ4n) is 7.69. The molecule has 0 rings (SSSR count). The molecule has 0 saturated heterocycles. The number of quaternary nitrogens is 1. The summed E-state index contributed by atoms with van der Waals surface area (Å²) in [6.45, 7) is 4.77. The minimum Gasteiger partial charge on any atom is -0.391 e. The van der Waals surface area contributed by atoms with Crippen molar-refractivity contribution in [3.8, 4) is 0 Å². The molecule has 0 aromatic heterocycles. The lowest BCUT2D eigenvalue weighted by Gasteiger charge is -2.26. The molecule has 9 heteroatoms. The molecule has 3 atom stereocenters. The molecule has 3 unspecified atom stereocenters. The van der Waals surface area contributed by atoms with Crippen LogP contribution in [-0.4, -0.2) is 73.4 Å². The summed E-state index contributed by atoms with van der Waals surface area (Å²) in [5.74, 6) is -0.145. The monoisotopic (exact) mass is 908 g/mol. The number of aliphatic hydroxyl groups is 1. The first-order chi connectivity index (χ1) is 30.5. The fourth-order valence-corrected chi connectivity index (χ4v) is 8.42. The van der Waals surface area contributed by atoms with E-state index in [-0.39, 0.29) is 19.1 Å². The lowest BCUT2D eigenvalue weighted by molar-refractivity contribution is -0.870. The maximum absolute atomic E-state index is 12.9. The Kier molecular flexibility index (Phi) is 44.5. The number of carbonyl (C=O) groups excluding carboxylic acids is 1. The largest absolute Gasteiger partial charge is 0.472 e. The average Bonchev–Trinajstić information content (AvgIpc) is 3.24. The van der Waals surface area contributed by atoms with E-state index < -0.39 is 20.0 Å². The van der Waals surface area contributed by atoms with Gasteiger partial charge in [-0.15, -0.1) is 0 Å². The van der Waals surface area contributed by atoms with Gasteiger partial charge in [0.05, 0.1) is 39.9 Å². The van der Waals surface area contributed by atoms with E-state index in [4.69, 9.17) is 9.05 Å². The van der Waals surface area contributed by atoms with Crippen molar-refractivity contribution in [2.24, 2.45) is 0 Å². The molecule has 0 aromatic rings. The number of nitrogens with one attached hydrogen (secondary N) is 1. The molecule has 3 N–H and O–H groups in total.